The minimum Gasteiger partial charge on any atom is -0.360 e. The lowest BCUT2D eigenvalue weighted by Gasteiger charge is -2.06. The van der Waals surface area contributed by atoms with Crippen molar-refractivity contribution in [1.82, 2.24) is 14.8 Å². The van der Waals surface area contributed by atoms with Gasteiger partial charge in [-0.2, -0.15) is 18.3 Å². The average Bonchev–Trinajstić information content (AvgIpc) is 2.75. The normalized spacial score (nSPS) is 11.5. The maximum atomic E-state index is 12.0. The summed E-state index contributed by atoms with van der Waals surface area (Å²) >= 11 is 0. The van der Waals surface area contributed by atoms with Crippen LogP contribution in [0.4, 0.5) is 19.0 Å². The molecule has 18 heavy (non-hydrogen) atoms. The molecule has 0 aliphatic rings. The number of anilines is 1. The quantitative estimate of drug-likeness (QED) is 0.912. The van der Waals surface area contributed by atoms with Gasteiger partial charge in [-0.3, -0.25) is 9.67 Å². The Bertz CT molecular complexity index is 492. The van der Waals surface area contributed by atoms with E-state index < -0.39 is 12.7 Å². The molecule has 0 bridgehead atoms. The monoisotopic (exact) mass is 256 g/mol. The first-order valence-electron chi connectivity index (χ1n) is 5.26. The summed E-state index contributed by atoms with van der Waals surface area (Å²) in [6.07, 6.45) is 0.692. The highest BCUT2D eigenvalue weighted by molar-refractivity contribution is 5.32. The molecular weight excluding hydrogens is 245 g/mol. The highest BCUT2D eigenvalue weighted by Crippen LogP contribution is 2.15. The van der Waals surface area contributed by atoms with Crippen molar-refractivity contribution in [1.29, 1.82) is 0 Å². The smallest absolute Gasteiger partial charge is 0.360 e. The first kappa shape index (κ1) is 12.4. The van der Waals surface area contributed by atoms with Gasteiger partial charge in [0.2, 0.25) is 0 Å². The third-order valence-electron chi connectivity index (χ3n) is 2.20. The van der Waals surface area contributed by atoms with Crippen LogP contribution in [0.2, 0.25) is 0 Å². The Morgan fingerprint density at radius 2 is 1.89 bits per heavy atom. The lowest BCUT2D eigenvalue weighted by atomic mass is 10.3. The predicted octanol–water partition coefficient (Wildman–Crippen LogP) is 2.30. The van der Waals surface area contributed by atoms with Gasteiger partial charge in [-0.25, -0.2) is 0 Å². The van der Waals surface area contributed by atoms with Crippen molar-refractivity contribution in [3.8, 4) is 0 Å². The first-order chi connectivity index (χ1) is 8.53. The number of aromatic nitrogens is 3. The number of hydrogen-bond acceptors (Lipinski definition) is 3. The van der Waals surface area contributed by atoms with E-state index in [4.69, 9.17) is 0 Å². The molecule has 0 aliphatic carbocycles. The topological polar surface area (TPSA) is 42.7 Å². The average molecular weight is 256 g/mol. The minimum atomic E-state index is -4.24. The van der Waals surface area contributed by atoms with E-state index in [1.165, 1.54) is 6.07 Å². The van der Waals surface area contributed by atoms with Gasteiger partial charge in [0.25, 0.3) is 0 Å². The Morgan fingerprint density at radius 1 is 1.17 bits per heavy atom. The third kappa shape index (κ3) is 3.76. The van der Waals surface area contributed by atoms with Crippen LogP contribution in [-0.2, 0) is 6.54 Å². The highest BCUT2D eigenvalue weighted by Gasteiger charge is 2.26. The highest BCUT2D eigenvalue weighted by atomic mass is 19.4. The largest absolute Gasteiger partial charge is 0.405 e. The van der Waals surface area contributed by atoms with Gasteiger partial charge < -0.3 is 5.32 Å². The summed E-state index contributed by atoms with van der Waals surface area (Å²) < 4.78 is 37.5. The molecular formula is C11H11F3N4. The van der Waals surface area contributed by atoms with Gasteiger partial charge in [0.1, 0.15) is 12.4 Å². The summed E-state index contributed by atoms with van der Waals surface area (Å²) in [5.74, 6) is 0.210. The minimum absolute atomic E-state index is 0.210. The fourth-order valence-corrected chi connectivity index (χ4v) is 1.41. The second-order valence-corrected chi connectivity index (χ2v) is 3.72. The van der Waals surface area contributed by atoms with Gasteiger partial charge in [0, 0.05) is 24.7 Å². The third-order valence-corrected chi connectivity index (χ3v) is 2.20. The van der Waals surface area contributed by atoms with E-state index in [1.807, 2.05) is 12.1 Å². The van der Waals surface area contributed by atoms with Crippen LogP contribution in [0.1, 0.15) is 5.56 Å². The Hall–Kier alpha value is -2.05. The van der Waals surface area contributed by atoms with Crippen LogP contribution in [0, 0.1) is 0 Å². The van der Waals surface area contributed by atoms with Gasteiger partial charge in [0.15, 0.2) is 0 Å². The summed E-state index contributed by atoms with van der Waals surface area (Å²) in [5.41, 5.74) is 0.982. The molecule has 0 saturated carbocycles. The number of hydrogen-bond donors (Lipinski definition) is 1. The zero-order valence-corrected chi connectivity index (χ0v) is 9.35. The van der Waals surface area contributed by atoms with Crippen LogP contribution in [0.3, 0.4) is 0 Å². The maximum absolute atomic E-state index is 12.0. The van der Waals surface area contributed by atoms with Crippen LogP contribution >= 0.6 is 0 Å². The van der Waals surface area contributed by atoms with E-state index in [0.29, 0.717) is 6.54 Å². The molecule has 0 saturated heterocycles. The Balaban J connectivity index is 1.94. The maximum Gasteiger partial charge on any atom is 0.405 e. The second-order valence-electron chi connectivity index (χ2n) is 3.72. The van der Waals surface area contributed by atoms with Crippen LogP contribution in [0.25, 0.3) is 0 Å². The summed E-state index contributed by atoms with van der Waals surface area (Å²) in [6, 6.07) is 5.15. The van der Waals surface area contributed by atoms with E-state index in [1.54, 1.807) is 23.3 Å². The van der Waals surface area contributed by atoms with Crippen LogP contribution in [-0.4, -0.2) is 27.5 Å². The van der Waals surface area contributed by atoms with E-state index in [9.17, 15) is 13.2 Å². The molecule has 1 N–H and O–H groups in total. The molecule has 0 radical (unpaired) electrons. The molecule has 0 unspecified atom stereocenters. The Morgan fingerprint density at radius 3 is 2.56 bits per heavy atom. The molecule has 0 spiro atoms. The summed E-state index contributed by atoms with van der Waals surface area (Å²) in [7, 11) is 0. The molecule has 0 atom stereocenters. The fraction of sp³-hybridized carbons (Fsp3) is 0.273. The van der Waals surface area contributed by atoms with E-state index >= 15 is 0 Å². The van der Waals surface area contributed by atoms with Gasteiger partial charge >= 0.3 is 6.18 Å². The number of halogens is 3. The number of alkyl halides is 3. The van der Waals surface area contributed by atoms with Crippen LogP contribution < -0.4 is 5.32 Å². The van der Waals surface area contributed by atoms with Crippen LogP contribution in [0.15, 0.2) is 36.8 Å². The second kappa shape index (κ2) is 5.07. The van der Waals surface area contributed by atoms with Crippen molar-refractivity contribution >= 4 is 5.82 Å². The molecule has 0 amide bonds. The molecule has 2 heterocycles. The molecule has 2 rings (SSSR count). The van der Waals surface area contributed by atoms with Gasteiger partial charge in [-0.15, -0.1) is 0 Å². The van der Waals surface area contributed by atoms with Crippen molar-refractivity contribution in [3.63, 3.8) is 0 Å². The fourth-order valence-electron chi connectivity index (χ4n) is 1.41. The number of nitrogens with zero attached hydrogens (tertiary/aromatic N) is 3. The molecule has 0 fully saturated rings. The zero-order valence-electron chi connectivity index (χ0n) is 9.35. The number of nitrogens with one attached hydrogen (secondary N) is 1. The van der Waals surface area contributed by atoms with Crippen molar-refractivity contribution in [2.24, 2.45) is 0 Å². The zero-order chi connectivity index (χ0) is 13.0. The van der Waals surface area contributed by atoms with Gasteiger partial charge in [0.05, 0.1) is 6.54 Å². The molecule has 96 valence electrons. The SMILES string of the molecule is FC(F)(F)CNc1ccn(Cc2ccncc2)n1. The van der Waals surface area contributed by atoms with Gasteiger partial charge in [-0.1, -0.05) is 0 Å². The Kier molecular flexibility index (Phi) is 3.50. The van der Waals surface area contributed by atoms with Crippen molar-refractivity contribution in [3.05, 3.63) is 42.4 Å². The predicted molar refractivity (Wildman–Crippen MR) is 60.1 cm³/mol. The summed E-state index contributed by atoms with van der Waals surface area (Å²) in [5, 5.41) is 6.22. The lowest BCUT2D eigenvalue weighted by molar-refractivity contribution is -0.115. The molecule has 7 heteroatoms. The van der Waals surface area contributed by atoms with E-state index in [2.05, 4.69) is 15.4 Å². The molecule has 2 aromatic heterocycles. The van der Waals surface area contributed by atoms with E-state index in [-0.39, 0.29) is 5.82 Å². The van der Waals surface area contributed by atoms with Crippen molar-refractivity contribution in [2.45, 2.75) is 12.7 Å². The molecule has 2 aromatic rings. The first-order valence-corrected chi connectivity index (χ1v) is 5.26. The van der Waals surface area contributed by atoms with Crippen molar-refractivity contribution < 1.29 is 13.2 Å². The lowest BCUT2D eigenvalue weighted by Crippen LogP contribution is -2.21. The van der Waals surface area contributed by atoms with E-state index in [0.717, 1.165) is 5.56 Å². The number of pyridine rings is 1. The molecule has 4 nitrogen and oxygen atoms in total. The Labute approximate surface area is 101 Å². The standard InChI is InChI=1S/C11H11F3N4/c12-11(13,14)8-16-10-3-6-18(17-10)7-9-1-4-15-5-2-9/h1-6H,7-8H2,(H,16,17). The van der Waals surface area contributed by atoms with Crippen molar-refractivity contribution in [2.75, 3.05) is 11.9 Å². The van der Waals surface area contributed by atoms with Gasteiger partial charge in [-0.05, 0) is 17.7 Å². The summed E-state index contributed by atoms with van der Waals surface area (Å²) in [4.78, 5) is 3.88. The molecule has 0 aliphatic heterocycles. The molecule has 0 aromatic carbocycles. The van der Waals surface area contributed by atoms with Crippen LogP contribution in [0.5, 0.6) is 0 Å². The summed E-state index contributed by atoms with van der Waals surface area (Å²) in [6.45, 7) is -0.588. The number of rotatable bonds is 4.